The lowest BCUT2D eigenvalue weighted by Crippen LogP contribution is -2.31. The molecule has 1 saturated heterocycles. The molecule has 0 radical (unpaired) electrons. The first-order valence-electron chi connectivity index (χ1n) is 10.4. The number of hydrogen-bond donors (Lipinski definition) is 3. The molecule has 1 aliphatic heterocycles. The number of nitrogens with zero attached hydrogens (tertiary/aromatic N) is 1. The largest absolute Gasteiger partial charge is 0.361 e. The Morgan fingerprint density at radius 1 is 0.939 bits per heavy atom. The Bertz CT molecular complexity index is 1340. The summed E-state index contributed by atoms with van der Waals surface area (Å²) in [5.41, 5.74) is 3.24. The van der Waals surface area contributed by atoms with Crippen LogP contribution in [0.25, 0.3) is 10.9 Å². The van der Waals surface area contributed by atoms with E-state index >= 15 is 0 Å². The Morgan fingerprint density at radius 3 is 2.42 bits per heavy atom. The topological polar surface area (TPSA) is 77.2 Å². The minimum atomic E-state index is -0.448. The van der Waals surface area contributed by atoms with Crippen LogP contribution in [-0.2, 0) is 9.59 Å². The standard InChI is InChI=1S/C25H20N4O2S2/c30-23-15-22(24(31)29(23)19-9-6-16-12-13-26-21(16)14-19)33-20-10-7-18(8-11-20)28-25(32)27-17-4-2-1-3-5-17/h1-14,22,26H,15H2,(H2,27,28,32). The van der Waals surface area contributed by atoms with E-state index in [1.807, 2.05) is 85.1 Å². The van der Waals surface area contributed by atoms with Crippen LogP contribution < -0.4 is 15.5 Å². The van der Waals surface area contributed by atoms with E-state index in [1.165, 1.54) is 16.7 Å². The molecule has 164 valence electrons. The Labute approximate surface area is 200 Å². The van der Waals surface area contributed by atoms with Crippen molar-refractivity contribution < 1.29 is 9.59 Å². The molecule has 33 heavy (non-hydrogen) atoms. The monoisotopic (exact) mass is 472 g/mol. The molecule has 8 heteroatoms. The summed E-state index contributed by atoms with van der Waals surface area (Å²) < 4.78 is 0. The first-order chi connectivity index (χ1) is 16.1. The van der Waals surface area contributed by atoms with Gasteiger partial charge in [-0.25, -0.2) is 4.90 Å². The number of aromatic nitrogens is 1. The first-order valence-corrected chi connectivity index (χ1v) is 11.7. The summed E-state index contributed by atoms with van der Waals surface area (Å²) in [5, 5.41) is 7.36. The van der Waals surface area contributed by atoms with Gasteiger partial charge in [-0.1, -0.05) is 24.3 Å². The van der Waals surface area contributed by atoms with E-state index < -0.39 is 5.25 Å². The minimum Gasteiger partial charge on any atom is -0.361 e. The van der Waals surface area contributed by atoms with Crippen molar-refractivity contribution in [1.82, 2.24) is 4.98 Å². The molecule has 0 saturated carbocycles. The molecule has 1 fully saturated rings. The lowest BCUT2D eigenvalue weighted by Gasteiger charge is -2.15. The maximum atomic E-state index is 13.0. The number of amides is 2. The molecular formula is C25H20N4O2S2. The van der Waals surface area contributed by atoms with E-state index in [2.05, 4.69) is 15.6 Å². The highest BCUT2D eigenvalue weighted by molar-refractivity contribution is 8.00. The minimum absolute atomic E-state index is 0.178. The lowest BCUT2D eigenvalue weighted by atomic mass is 10.2. The number of thioether (sulfide) groups is 1. The third-order valence-corrected chi connectivity index (χ3v) is 6.73. The molecule has 0 bridgehead atoms. The van der Waals surface area contributed by atoms with Crippen molar-refractivity contribution in [2.75, 3.05) is 15.5 Å². The molecule has 1 aromatic heterocycles. The molecular weight excluding hydrogens is 452 g/mol. The van der Waals surface area contributed by atoms with Gasteiger partial charge in [-0.2, -0.15) is 0 Å². The fourth-order valence-corrected chi connectivity index (χ4v) is 5.03. The summed E-state index contributed by atoms with van der Waals surface area (Å²) in [7, 11) is 0. The van der Waals surface area contributed by atoms with Crippen molar-refractivity contribution in [1.29, 1.82) is 0 Å². The van der Waals surface area contributed by atoms with Gasteiger partial charge in [0.05, 0.1) is 10.9 Å². The summed E-state index contributed by atoms with van der Waals surface area (Å²) >= 11 is 6.76. The first kappa shape index (κ1) is 21.2. The van der Waals surface area contributed by atoms with Crippen LogP contribution in [0.4, 0.5) is 17.1 Å². The van der Waals surface area contributed by atoms with Crippen molar-refractivity contribution in [3.05, 3.63) is 85.1 Å². The lowest BCUT2D eigenvalue weighted by molar-refractivity contribution is -0.121. The van der Waals surface area contributed by atoms with Gasteiger partial charge in [0.1, 0.15) is 0 Å². The van der Waals surface area contributed by atoms with Gasteiger partial charge >= 0.3 is 0 Å². The number of aromatic amines is 1. The number of carbonyl (C=O) groups is 2. The fraction of sp³-hybridized carbons (Fsp3) is 0.0800. The van der Waals surface area contributed by atoms with E-state index in [4.69, 9.17) is 12.2 Å². The van der Waals surface area contributed by atoms with E-state index in [1.54, 1.807) is 0 Å². The summed E-state index contributed by atoms with van der Waals surface area (Å²) in [5.74, 6) is -0.370. The molecule has 1 unspecified atom stereocenters. The highest BCUT2D eigenvalue weighted by Crippen LogP contribution is 2.35. The number of imide groups is 1. The second-order valence-corrected chi connectivity index (χ2v) is 9.28. The van der Waals surface area contributed by atoms with Crippen LogP contribution in [0.5, 0.6) is 0 Å². The summed E-state index contributed by atoms with van der Waals surface area (Å²) in [6.07, 6.45) is 2.01. The third kappa shape index (κ3) is 4.62. The molecule has 2 heterocycles. The summed E-state index contributed by atoms with van der Waals surface area (Å²) in [6.45, 7) is 0. The number of fused-ring (bicyclic) bond motifs is 1. The molecule has 4 aromatic rings. The van der Waals surface area contributed by atoms with Gasteiger partial charge in [-0.05, 0) is 72.2 Å². The summed E-state index contributed by atoms with van der Waals surface area (Å²) in [4.78, 5) is 31.0. The molecule has 1 atom stereocenters. The number of nitrogens with one attached hydrogen (secondary N) is 3. The maximum Gasteiger partial charge on any atom is 0.247 e. The zero-order valence-electron chi connectivity index (χ0n) is 17.4. The van der Waals surface area contributed by atoms with Gasteiger partial charge in [-0.15, -0.1) is 11.8 Å². The van der Waals surface area contributed by atoms with E-state index in [0.717, 1.165) is 27.2 Å². The van der Waals surface area contributed by atoms with E-state index in [-0.39, 0.29) is 18.2 Å². The second kappa shape index (κ2) is 9.09. The molecule has 0 spiro atoms. The number of benzene rings is 3. The molecule has 3 aromatic carbocycles. The maximum absolute atomic E-state index is 13.0. The van der Waals surface area contributed by atoms with Crippen LogP contribution in [-0.4, -0.2) is 27.2 Å². The number of carbonyl (C=O) groups excluding carboxylic acids is 2. The Balaban J connectivity index is 1.22. The average molecular weight is 473 g/mol. The van der Waals surface area contributed by atoms with Crippen molar-refractivity contribution in [2.24, 2.45) is 0 Å². The Hall–Kier alpha value is -3.62. The summed E-state index contributed by atoms with van der Waals surface area (Å²) in [6, 6.07) is 24.8. The average Bonchev–Trinajstić information content (AvgIpc) is 3.39. The van der Waals surface area contributed by atoms with Crippen LogP contribution in [0.2, 0.25) is 0 Å². The number of anilines is 3. The Kier molecular flexibility index (Phi) is 5.85. The number of H-pyrrole nitrogens is 1. The molecule has 1 aliphatic rings. The molecule has 5 rings (SSSR count). The van der Waals surface area contributed by atoms with Crippen molar-refractivity contribution in [3.8, 4) is 0 Å². The van der Waals surface area contributed by atoms with Crippen LogP contribution in [0.15, 0.2) is 90.0 Å². The highest BCUT2D eigenvalue weighted by atomic mass is 32.2. The second-order valence-electron chi connectivity index (χ2n) is 7.60. The third-order valence-electron chi connectivity index (χ3n) is 5.32. The van der Waals surface area contributed by atoms with Crippen molar-refractivity contribution in [3.63, 3.8) is 0 Å². The molecule has 0 aliphatic carbocycles. The number of para-hydroxylation sites is 1. The zero-order valence-corrected chi connectivity index (χ0v) is 19.1. The van der Waals surface area contributed by atoms with Crippen LogP contribution in [0, 0.1) is 0 Å². The van der Waals surface area contributed by atoms with Crippen LogP contribution in [0.1, 0.15) is 6.42 Å². The van der Waals surface area contributed by atoms with Crippen molar-refractivity contribution >= 4 is 68.9 Å². The fourth-order valence-electron chi connectivity index (χ4n) is 3.74. The number of rotatable bonds is 5. The normalized spacial score (nSPS) is 15.8. The predicted molar refractivity (Wildman–Crippen MR) is 138 cm³/mol. The van der Waals surface area contributed by atoms with E-state index in [0.29, 0.717) is 10.8 Å². The van der Waals surface area contributed by atoms with Gasteiger partial charge < -0.3 is 15.6 Å². The van der Waals surface area contributed by atoms with Crippen LogP contribution >= 0.6 is 24.0 Å². The van der Waals surface area contributed by atoms with Crippen molar-refractivity contribution in [2.45, 2.75) is 16.6 Å². The molecule has 2 amide bonds. The smallest absolute Gasteiger partial charge is 0.247 e. The molecule has 3 N–H and O–H groups in total. The zero-order chi connectivity index (χ0) is 22.8. The molecule has 6 nitrogen and oxygen atoms in total. The van der Waals surface area contributed by atoms with Gasteiger partial charge in [0.15, 0.2) is 5.11 Å². The predicted octanol–water partition coefficient (Wildman–Crippen LogP) is 5.40. The Morgan fingerprint density at radius 2 is 1.67 bits per heavy atom. The quantitative estimate of drug-likeness (QED) is 0.267. The number of hydrogen-bond acceptors (Lipinski definition) is 4. The van der Waals surface area contributed by atoms with Gasteiger partial charge in [0.25, 0.3) is 0 Å². The van der Waals surface area contributed by atoms with Gasteiger partial charge in [-0.3, -0.25) is 9.59 Å². The SMILES string of the molecule is O=C1CC(Sc2ccc(NC(=S)Nc3ccccc3)cc2)C(=O)N1c1ccc2cc[nH]c2c1. The van der Waals surface area contributed by atoms with E-state index in [9.17, 15) is 9.59 Å². The highest BCUT2D eigenvalue weighted by Gasteiger charge is 2.40. The van der Waals surface area contributed by atoms with Gasteiger partial charge in [0, 0.05) is 34.4 Å². The van der Waals surface area contributed by atoms with Gasteiger partial charge in [0.2, 0.25) is 11.8 Å². The van der Waals surface area contributed by atoms with Crippen LogP contribution in [0.3, 0.4) is 0 Å². The number of thiocarbonyl (C=S) groups is 1.